The van der Waals surface area contributed by atoms with Crippen LogP contribution in [0.1, 0.15) is 18.1 Å². The third-order valence-electron chi connectivity index (χ3n) is 4.93. The van der Waals surface area contributed by atoms with E-state index in [1.807, 2.05) is 50.2 Å². The first-order valence-electron chi connectivity index (χ1n) is 9.32. The molecule has 0 aliphatic rings. The second-order valence-corrected chi connectivity index (χ2v) is 7.04. The zero-order chi connectivity index (χ0) is 20.5. The van der Waals surface area contributed by atoms with Crippen molar-refractivity contribution < 1.29 is 13.9 Å². The minimum Gasteiger partial charge on any atom is -0.452 e. The number of hydrogen-bond donors (Lipinski definition) is 1. The molecule has 2 aromatic heterocycles. The Morgan fingerprint density at radius 1 is 1.24 bits per heavy atom. The molecule has 29 heavy (non-hydrogen) atoms. The van der Waals surface area contributed by atoms with E-state index < -0.39 is 11.7 Å². The second-order valence-electron chi connectivity index (χ2n) is 7.04. The molecule has 0 aliphatic carbocycles. The monoisotopic (exact) mass is 391 g/mol. The van der Waals surface area contributed by atoms with Crippen LogP contribution in [0.4, 0.5) is 10.8 Å². The van der Waals surface area contributed by atoms with Gasteiger partial charge in [0.05, 0.1) is 23.5 Å². The third kappa shape index (κ3) is 3.47. The van der Waals surface area contributed by atoms with Gasteiger partial charge in [0.15, 0.2) is 0 Å². The number of anilines is 1. The summed E-state index contributed by atoms with van der Waals surface area (Å²) in [6.45, 7) is 3.82. The maximum Gasteiger partial charge on any atom is 0.418 e. The summed E-state index contributed by atoms with van der Waals surface area (Å²) in [6.07, 6.45) is 1.94. The fourth-order valence-electron chi connectivity index (χ4n) is 3.60. The first-order valence-corrected chi connectivity index (χ1v) is 9.32. The highest BCUT2D eigenvalue weighted by Crippen LogP contribution is 2.24. The predicted molar refractivity (Wildman–Crippen MR) is 112 cm³/mol. The van der Waals surface area contributed by atoms with Crippen LogP contribution in [-0.4, -0.2) is 28.8 Å². The normalized spacial score (nSPS) is 12.2. The molecule has 0 spiro atoms. The Bertz CT molecular complexity index is 1270. The molecule has 2 aromatic carbocycles. The molecular formula is C22H21N3O4. The number of nitrogens with zero attached hydrogens (tertiary/aromatic N) is 2. The van der Waals surface area contributed by atoms with Gasteiger partial charge in [-0.25, -0.2) is 9.59 Å². The van der Waals surface area contributed by atoms with Gasteiger partial charge in [0.1, 0.15) is 0 Å². The van der Waals surface area contributed by atoms with Gasteiger partial charge in [0.2, 0.25) is 0 Å². The van der Waals surface area contributed by atoms with Crippen LogP contribution >= 0.6 is 0 Å². The molecule has 0 aliphatic heterocycles. The van der Waals surface area contributed by atoms with E-state index in [0.29, 0.717) is 17.3 Å². The van der Waals surface area contributed by atoms with E-state index in [9.17, 15) is 9.59 Å². The van der Waals surface area contributed by atoms with E-state index in [0.717, 1.165) is 22.0 Å². The Labute approximate surface area is 166 Å². The summed E-state index contributed by atoms with van der Waals surface area (Å²) in [5.74, 6) is 0. The summed E-state index contributed by atoms with van der Waals surface area (Å²) >= 11 is 0. The number of carbonyl (C=O) groups excluding carboxylic acids is 1. The largest absolute Gasteiger partial charge is 0.452 e. The van der Waals surface area contributed by atoms with Gasteiger partial charge in [0.25, 0.3) is 6.01 Å². The molecule has 2 heterocycles. The molecule has 1 atom stereocenters. The molecule has 0 saturated heterocycles. The second kappa shape index (κ2) is 7.43. The van der Waals surface area contributed by atoms with Crippen LogP contribution in [0.15, 0.2) is 57.9 Å². The number of benzene rings is 2. The van der Waals surface area contributed by atoms with Gasteiger partial charge in [0, 0.05) is 17.6 Å². The fraction of sp³-hybridized carbons (Fsp3) is 0.227. The lowest BCUT2D eigenvalue weighted by molar-refractivity contribution is 0.174. The highest BCUT2D eigenvalue weighted by molar-refractivity contribution is 5.92. The van der Waals surface area contributed by atoms with E-state index in [2.05, 4.69) is 10.3 Å². The van der Waals surface area contributed by atoms with Crippen molar-refractivity contribution in [2.45, 2.75) is 26.3 Å². The smallest absolute Gasteiger partial charge is 0.418 e. The number of aromatic nitrogens is 2. The molecule has 0 amide bonds. The molecule has 4 aromatic rings. The van der Waals surface area contributed by atoms with Gasteiger partial charge >= 0.3 is 11.7 Å². The van der Waals surface area contributed by atoms with Gasteiger partial charge in [-0.1, -0.05) is 30.3 Å². The van der Waals surface area contributed by atoms with Crippen molar-refractivity contribution in [2.24, 2.45) is 0 Å². The van der Waals surface area contributed by atoms with E-state index in [1.54, 1.807) is 12.3 Å². The van der Waals surface area contributed by atoms with Crippen molar-refractivity contribution in [1.82, 2.24) is 9.55 Å². The van der Waals surface area contributed by atoms with E-state index in [1.165, 1.54) is 11.7 Å². The number of rotatable bonds is 4. The number of para-hydroxylation sites is 1. The minimum absolute atomic E-state index is 0.0928. The third-order valence-corrected chi connectivity index (χ3v) is 4.93. The Hall–Kier alpha value is -3.61. The SMILES string of the molecule is COC(=O)n1cc(C[C@@H](C)Nc2nc3cccc(C)c3c(=O)o2)c2ccccc21. The lowest BCUT2D eigenvalue weighted by Crippen LogP contribution is -2.20. The molecular weight excluding hydrogens is 370 g/mol. The van der Waals surface area contributed by atoms with Crippen LogP contribution in [-0.2, 0) is 11.2 Å². The first kappa shape index (κ1) is 18.7. The minimum atomic E-state index is -0.439. The Morgan fingerprint density at radius 3 is 2.83 bits per heavy atom. The van der Waals surface area contributed by atoms with E-state index in [-0.39, 0.29) is 12.1 Å². The van der Waals surface area contributed by atoms with Gasteiger partial charge in [-0.05, 0) is 43.5 Å². The standard InChI is InChI=1S/C22H21N3O4/c1-13-7-6-9-17-19(13)20(26)29-21(24-17)23-14(2)11-15-12-25(22(27)28-3)18-10-5-4-8-16(15)18/h4-10,12,14H,11H2,1-3H3,(H,23,24)/t14-/m1/s1. The average Bonchev–Trinajstić information content (AvgIpc) is 3.05. The van der Waals surface area contributed by atoms with Crippen LogP contribution in [0.5, 0.6) is 0 Å². The summed E-state index contributed by atoms with van der Waals surface area (Å²) in [5, 5.41) is 4.62. The quantitative estimate of drug-likeness (QED) is 0.563. The van der Waals surface area contributed by atoms with Crippen molar-refractivity contribution in [3.8, 4) is 0 Å². The van der Waals surface area contributed by atoms with Crippen molar-refractivity contribution in [3.63, 3.8) is 0 Å². The average molecular weight is 391 g/mol. The zero-order valence-electron chi connectivity index (χ0n) is 16.4. The molecule has 0 bridgehead atoms. The molecule has 0 fully saturated rings. The van der Waals surface area contributed by atoms with E-state index >= 15 is 0 Å². The molecule has 0 saturated carbocycles. The number of aryl methyl sites for hydroxylation is 1. The summed E-state index contributed by atoms with van der Waals surface area (Å²) in [6, 6.07) is 13.2. The van der Waals surface area contributed by atoms with Crippen LogP contribution in [0, 0.1) is 6.92 Å². The van der Waals surface area contributed by atoms with Crippen molar-refractivity contribution in [3.05, 3.63) is 70.2 Å². The van der Waals surface area contributed by atoms with Crippen molar-refractivity contribution in [2.75, 3.05) is 12.4 Å². The number of nitrogens with one attached hydrogen (secondary N) is 1. The predicted octanol–water partition coefficient (Wildman–Crippen LogP) is 4.11. The van der Waals surface area contributed by atoms with Crippen LogP contribution < -0.4 is 10.9 Å². The van der Waals surface area contributed by atoms with Gasteiger partial charge in [-0.3, -0.25) is 4.57 Å². The molecule has 4 rings (SSSR count). The Kier molecular flexibility index (Phi) is 4.80. The van der Waals surface area contributed by atoms with Crippen LogP contribution in [0.25, 0.3) is 21.8 Å². The van der Waals surface area contributed by atoms with Crippen molar-refractivity contribution in [1.29, 1.82) is 0 Å². The van der Waals surface area contributed by atoms with Gasteiger partial charge in [-0.2, -0.15) is 4.98 Å². The molecule has 1 N–H and O–H groups in total. The number of ether oxygens (including phenoxy) is 1. The summed E-state index contributed by atoms with van der Waals surface area (Å²) in [4.78, 5) is 28.8. The van der Waals surface area contributed by atoms with Gasteiger partial charge in [-0.15, -0.1) is 0 Å². The van der Waals surface area contributed by atoms with Gasteiger partial charge < -0.3 is 14.5 Å². The molecule has 0 unspecified atom stereocenters. The number of carbonyl (C=O) groups is 1. The lowest BCUT2D eigenvalue weighted by atomic mass is 10.1. The first-order chi connectivity index (χ1) is 14.0. The molecule has 7 heteroatoms. The fourth-order valence-corrected chi connectivity index (χ4v) is 3.60. The maximum atomic E-state index is 12.3. The summed E-state index contributed by atoms with van der Waals surface area (Å²) in [7, 11) is 1.36. The molecule has 0 radical (unpaired) electrons. The Balaban J connectivity index is 1.62. The number of hydrogen-bond acceptors (Lipinski definition) is 6. The highest BCUT2D eigenvalue weighted by atomic mass is 16.5. The lowest BCUT2D eigenvalue weighted by Gasteiger charge is -2.13. The molecule has 7 nitrogen and oxygen atoms in total. The zero-order valence-corrected chi connectivity index (χ0v) is 16.4. The van der Waals surface area contributed by atoms with Crippen LogP contribution in [0.3, 0.4) is 0 Å². The molecule has 148 valence electrons. The maximum absolute atomic E-state index is 12.3. The summed E-state index contributed by atoms with van der Waals surface area (Å²) < 4.78 is 11.7. The number of methoxy groups -OCH3 is 1. The van der Waals surface area contributed by atoms with Crippen molar-refractivity contribution >= 4 is 33.9 Å². The van der Waals surface area contributed by atoms with Crippen LogP contribution in [0.2, 0.25) is 0 Å². The topological polar surface area (TPSA) is 86.4 Å². The number of fused-ring (bicyclic) bond motifs is 2. The summed E-state index contributed by atoms with van der Waals surface area (Å²) in [5.41, 5.74) is 2.78. The van der Waals surface area contributed by atoms with E-state index in [4.69, 9.17) is 9.15 Å². The Morgan fingerprint density at radius 2 is 2.03 bits per heavy atom. The highest BCUT2D eigenvalue weighted by Gasteiger charge is 2.17.